The normalized spacial score (nSPS) is 11.6. The van der Waals surface area contributed by atoms with Crippen molar-refractivity contribution in [3.05, 3.63) is 21.0 Å². The Morgan fingerprint density at radius 1 is 1.50 bits per heavy atom. The maximum absolute atomic E-state index is 10.8. The molecule has 0 spiro atoms. The molecule has 1 aromatic rings. The summed E-state index contributed by atoms with van der Waals surface area (Å²) >= 11 is 7.34. The zero-order valence-electron chi connectivity index (χ0n) is 5.46. The first-order chi connectivity index (χ1) is 5.41. The van der Waals surface area contributed by atoms with E-state index < -0.39 is 9.05 Å². The topological polar surface area (TPSA) is 47.0 Å². The van der Waals surface area contributed by atoms with Gasteiger partial charge in [-0.05, 0) is 28.7 Å². The molecule has 0 bridgehead atoms. The van der Waals surface area contributed by atoms with Gasteiger partial charge in [-0.1, -0.05) is 11.6 Å². The Bertz CT molecular complexity index is 406. The van der Waals surface area contributed by atoms with Crippen molar-refractivity contribution in [1.82, 2.24) is 4.98 Å². The van der Waals surface area contributed by atoms with Crippen LogP contribution in [-0.2, 0) is 9.05 Å². The largest absolute Gasteiger partial charge is 0.263 e. The lowest BCUT2D eigenvalue weighted by atomic mass is 10.5. The lowest BCUT2D eigenvalue weighted by molar-refractivity contribution is 0.608. The third kappa shape index (κ3) is 2.45. The molecule has 3 nitrogen and oxygen atoms in total. The Hall–Kier alpha value is 0.410. The van der Waals surface area contributed by atoms with Crippen molar-refractivity contribution in [3.63, 3.8) is 0 Å². The second-order valence-electron chi connectivity index (χ2n) is 1.88. The molecule has 0 aromatic carbocycles. The van der Waals surface area contributed by atoms with Crippen molar-refractivity contribution in [2.45, 2.75) is 4.90 Å². The molecule has 1 aromatic heterocycles. The highest BCUT2D eigenvalue weighted by Gasteiger charge is 2.14. The van der Waals surface area contributed by atoms with E-state index in [2.05, 4.69) is 4.98 Å². The van der Waals surface area contributed by atoms with Crippen LogP contribution in [0.5, 0.6) is 0 Å². The highest BCUT2D eigenvalue weighted by Crippen LogP contribution is 2.22. The van der Waals surface area contributed by atoms with Crippen LogP contribution in [0.3, 0.4) is 0 Å². The lowest BCUT2D eigenvalue weighted by Crippen LogP contribution is -1.95. The summed E-state index contributed by atoms with van der Waals surface area (Å²) < 4.78 is 22.1. The molecule has 0 unspecified atom stereocenters. The molecule has 0 amide bonds. The Balaban J connectivity index is 3.39. The third-order valence-corrected chi connectivity index (χ3v) is 3.86. The fourth-order valence-corrected chi connectivity index (χ4v) is 3.45. The van der Waals surface area contributed by atoms with Gasteiger partial charge in [0, 0.05) is 20.4 Å². The molecule has 0 N–H and O–H groups in total. The van der Waals surface area contributed by atoms with E-state index in [4.69, 9.17) is 22.3 Å². The lowest BCUT2D eigenvalue weighted by Gasteiger charge is -1.98. The predicted octanol–water partition coefficient (Wildman–Crippen LogP) is 2.27. The van der Waals surface area contributed by atoms with Gasteiger partial charge in [0.2, 0.25) is 0 Å². The summed E-state index contributed by atoms with van der Waals surface area (Å²) in [6, 6.07) is 1.43. The predicted molar refractivity (Wildman–Crippen MR) is 55.0 cm³/mol. The average Bonchev–Trinajstić information content (AvgIpc) is 1.83. The molecular weight excluding hydrogens is 336 g/mol. The van der Waals surface area contributed by atoms with Crippen molar-refractivity contribution in [2.24, 2.45) is 0 Å². The molecule has 0 aliphatic carbocycles. The van der Waals surface area contributed by atoms with Crippen LogP contribution in [0.1, 0.15) is 0 Å². The van der Waals surface area contributed by atoms with E-state index in [-0.39, 0.29) is 10.0 Å². The van der Waals surface area contributed by atoms with Gasteiger partial charge >= 0.3 is 0 Å². The SMILES string of the molecule is O=S(=O)(Cl)c1cnc(Cl)cc1I. The summed E-state index contributed by atoms with van der Waals surface area (Å²) in [6.07, 6.45) is 1.13. The maximum atomic E-state index is 10.8. The highest BCUT2D eigenvalue weighted by atomic mass is 127. The second kappa shape index (κ2) is 3.65. The monoisotopic (exact) mass is 337 g/mol. The minimum absolute atomic E-state index is 0.0193. The van der Waals surface area contributed by atoms with Gasteiger partial charge in [0.25, 0.3) is 9.05 Å². The van der Waals surface area contributed by atoms with E-state index in [0.29, 0.717) is 3.57 Å². The molecule has 7 heteroatoms. The molecule has 0 fully saturated rings. The molecule has 12 heavy (non-hydrogen) atoms. The zero-order valence-corrected chi connectivity index (χ0v) is 9.95. The Morgan fingerprint density at radius 2 is 2.08 bits per heavy atom. The number of hydrogen-bond acceptors (Lipinski definition) is 3. The fraction of sp³-hybridized carbons (Fsp3) is 0. The van der Waals surface area contributed by atoms with Crippen molar-refractivity contribution >= 4 is 53.9 Å². The maximum Gasteiger partial charge on any atom is 0.263 e. The third-order valence-electron chi connectivity index (χ3n) is 1.05. The van der Waals surface area contributed by atoms with Gasteiger partial charge in [-0.2, -0.15) is 0 Å². The zero-order chi connectivity index (χ0) is 9.35. The van der Waals surface area contributed by atoms with E-state index in [0.717, 1.165) is 6.20 Å². The van der Waals surface area contributed by atoms with Crippen molar-refractivity contribution in [2.75, 3.05) is 0 Å². The Kier molecular flexibility index (Phi) is 3.19. The number of rotatable bonds is 1. The quantitative estimate of drug-likeness (QED) is 0.448. The summed E-state index contributed by atoms with van der Waals surface area (Å²) in [7, 11) is 1.39. The molecule has 0 atom stereocenters. The number of aromatic nitrogens is 1. The Morgan fingerprint density at radius 3 is 2.50 bits per heavy atom. The van der Waals surface area contributed by atoms with Crippen LogP contribution in [0.2, 0.25) is 5.15 Å². The van der Waals surface area contributed by atoms with Crippen LogP contribution >= 0.6 is 44.9 Å². The number of nitrogens with zero attached hydrogens (tertiary/aromatic N) is 1. The van der Waals surface area contributed by atoms with Gasteiger partial charge in [-0.3, -0.25) is 0 Å². The van der Waals surface area contributed by atoms with Crippen molar-refractivity contribution in [1.29, 1.82) is 0 Å². The first-order valence-corrected chi connectivity index (χ1v) is 6.43. The first-order valence-electron chi connectivity index (χ1n) is 2.67. The van der Waals surface area contributed by atoms with Gasteiger partial charge < -0.3 is 0 Å². The molecule has 1 heterocycles. The van der Waals surface area contributed by atoms with E-state index in [9.17, 15) is 8.42 Å². The minimum atomic E-state index is -3.71. The van der Waals surface area contributed by atoms with Crippen molar-refractivity contribution in [3.8, 4) is 0 Å². The van der Waals surface area contributed by atoms with Crippen LogP contribution in [0.15, 0.2) is 17.2 Å². The van der Waals surface area contributed by atoms with Crippen LogP contribution in [0.4, 0.5) is 0 Å². The first kappa shape index (κ1) is 10.5. The highest BCUT2D eigenvalue weighted by molar-refractivity contribution is 14.1. The summed E-state index contributed by atoms with van der Waals surface area (Å²) in [5.74, 6) is 0. The van der Waals surface area contributed by atoms with Gasteiger partial charge in [0.05, 0.1) is 0 Å². The molecule has 1 rings (SSSR count). The molecule has 0 saturated carbocycles. The smallest absolute Gasteiger partial charge is 0.243 e. The Labute approximate surface area is 92.6 Å². The molecule has 0 aliphatic heterocycles. The average molecular weight is 338 g/mol. The van der Waals surface area contributed by atoms with Gasteiger partial charge in [-0.25, -0.2) is 13.4 Å². The van der Waals surface area contributed by atoms with Crippen molar-refractivity contribution < 1.29 is 8.42 Å². The minimum Gasteiger partial charge on any atom is -0.243 e. The van der Waals surface area contributed by atoms with Gasteiger partial charge in [-0.15, -0.1) is 0 Å². The number of hydrogen-bond donors (Lipinski definition) is 0. The van der Waals surface area contributed by atoms with Gasteiger partial charge in [0.15, 0.2) is 0 Å². The van der Waals surface area contributed by atoms with E-state index >= 15 is 0 Å². The second-order valence-corrected chi connectivity index (χ2v) is 5.96. The van der Waals surface area contributed by atoms with E-state index in [1.807, 2.05) is 22.6 Å². The fourth-order valence-electron chi connectivity index (χ4n) is 0.574. The molecule has 0 aliphatic rings. The molecular formula is C5H2Cl2INO2S. The van der Waals surface area contributed by atoms with Crippen LogP contribution in [0.25, 0.3) is 0 Å². The van der Waals surface area contributed by atoms with Crippen LogP contribution in [-0.4, -0.2) is 13.4 Å². The molecule has 0 saturated heterocycles. The molecule has 66 valence electrons. The van der Waals surface area contributed by atoms with Gasteiger partial charge in [0.1, 0.15) is 10.0 Å². The van der Waals surface area contributed by atoms with Crippen LogP contribution < -0.4 is 0 Å². The summed E-state index contributed by atoms with van der Waals surface area (Å²) in [4.78, 5) is 3.58. The summed E-state index contributed by atoms with van der Waals surface area (Å²) in [6.45, 7) is 0. The summed E-state index contributed by atoms with van der Waals surface area (Å²) in [5.41, 5.74) is 0. The number of halogens is 3. The van der Waals surface area contributed by atoms with E-state index in [1.54, 1.807) is 0 Å². The summed E-state index contributed by atoms with van der Waals surface area (Å²) in [5, 5.41) is 0.239. The molecule has 0 radical (unpaired) electrons. The standard InChI is InChI=1S/C5H2Cl2INO2S/c6-5-1-3(8)4(2-9-5)12(7,10)11/h1-2H. The van der Waals surface area contributed by atoms with E-state index in [1.165, 1.54) is 6.07 Å². The number of pyridine rings is 1. The van der Waals surface area contributed by atoms with Crippen LogP contribution in [0, 0.1) is 3.57 Å².